The lowest BCUT2D eigenvalue weighted by molar-refractivity contribution is 0.0690. The van der Waals surface area contributed by atoms with Crippen LogP contribution >= 0.6 is 0 Å². The quantitative estimate of drug-likeness (QED) is 0.883. The first-order valence-corrected chi connectivity index (χ1v) is 7.81. The van der Waals surface area contributed by atoms with E-state index in [0.29, 0.717) is 11.7 Å². The van der Waals surface area contributed by atoms with E-state index < -0.39 is 5.97 Å². The third-order valence-corrected chi connectivity index (χ3v) is 4.08. The van der Waals surface area contributed by atoms with E-state index >= 15 is 0 Å². The van der Waals surface area contributed by atoms with Crippen LogP contribution in [-0.4, -0.2) is 40.7 Å². The molecule has 1 aliphatic rings. The van der Waals surface area contributed by atoms with Gasteiger partial charge in [0, 0.05) is 25.3 Å². The molecule has 0 aliphatic carbocycles. The van der Waals surface area contributed by atoms with Crippen molar-refractivity contribution in [3.63, 3.8) is 0 Å². The molecule has 6 heteroatoms. The smallest absolute Gasteiger partial charge is 0.356 e. The van der Waals surface area contributed by atoms with Crippen molar-refractivity contribution < 1.29 is 9.90 Å². The summed E-state index contributed by atoms with van der Waals surface area (Å²) in [6.07, 6.45) is 5.10. The number of rotatable bonds is 5. The summed E-state index contributed by atoms with van der Waals surface area (Å²) in [6.45, 7) is 2.91. The van der Waals surface area contributed by atoms with Crippen LogP contribution in [0.4, 0.5) is 11.5 Å². The zero-order valence-corrected chi connectivity index (χ0v) is 12.9. The highest BCUT2D eigenvalue weighted by Gasteiger charge is 2.20. The van der Waals surface area contributed by atoms with Gasteiger partial charge in [-0.25, -0.2) is 14.8 Å². The maximum Gasteiger partial charge on any atom is 0.356 e. The van der Waals surface area contributed by atoms with E-state index in [-0.39, 0.29) is 5.69 Å². The molecule has 1 aliphatic heterocycles. The zero-order valence-electron chi connectivity index (χ0n) is 12.9. The minimum Gasteiger partial charge on any atom is -0.476 e. The molecule has 1 aromatic heterocycles. The molecule has 0 amide bonds. The minimum atomic E-state index is -1.06. The lowest BCUT2D eigenvalue weighted by atomic mass is 9.97. The molecule has 2 N–H and O–H groups in total. The second-order valence-electron chi connectivity index (χ2n) is 5.76. The first-order chi connectivity index (χ1) is 11.2. The molecule has 0 saturated carbocycles. The van der Waals surface area contributed by atoms with Crippen molar-refractivity contribution in [2.24, 2.45) is 5.92 Å². The van der Waals surface area contributed by atoms with Gasteiger partial charge in [0.15, 0.2) is 5.69 Å². The van der Waals surface area contributed by atoms with E-state index in [4.69, 9.17) is 5.11 Å². The van der Waals surface area contributed by atoms with Crippen LogP contribution in [0.1, 0.15) is 23.3 Å². The van der Waals surface area contributed by atoms with E-state index in [2.05, 4.69) is 44.5 Å². The van der Waals surface area contributed by atoms with Crippen LogP contribution in [0.15, 0.2) is 42.7 Å². The SMILES string of the molecule is O=C(O)c1cnc(NCC2CCCN(c3ccccc3)C2)cn1. The molecule has 2 heterocycles. The predicted molar refractivity (Wildman–Crippen MR) is 88.9 cm³/mol. The zero-order chi connectivity index (χ0) is 16.1. The van der Waals surface area contributed by atoms with Crippen LogP contribution in [0.3, 0.4) is 0 Å². The van der Waals surface area contributed by atoms with Crippen LogP contribution in [0, 0.1) is 5.92 Å². The highest BCUT2D eigenvalue weighted by atomic mass is 16.4. The summed E-state index contributed by atoms with van der Waals surface area (Å²) in [7, 11) is 0. The number of carbonyl (C=O) groups is 1. The molecule has 0 bridgehead atoms. The van der Waals surface area contributed by atoms with Crippen LogP contribution in [0.5, 0.6) is 0 Å². The van der Waals surface area contributed by atoms with Gasteiger partial charge in [0.1, 0.15) is 5.82 Å². The molecule has 1 saturated heterocycles. The van der Waals surface area contributed by atoms with Gasteiger partial charge in [-0.05, 0) is 30.9 Å². The lowest BCUT2D eigenvalue weighted by Crippen LogP contribution is -2.38. The summed E-state index contributed by atoms with van der Waals surface area (Å²) in [4.78, 5) is 21.1. The number of carboxylic acid groups (broad SMARTS) is 1. The summed E-state index contributed by atoms with van der Waals surface area (Å²) >= 11 is 0. The Morgan fingerprint density at radius 1 is 1.26 bits per heavy atom. The Morgan fingerprint density at radius 2 is 2.09 bits per heavy atom. The molecule has 23 heavy (non-hydrogen) atoms. The van der Waals surface area contributed by atoms with Gasteiger partial charge in [-0.3, -0.25) is 0 Å². The summed E-state index contributed by atoms with van der Waals surface area (Å²) in [6, 6.07) is 10.5. The number of aromatic nitrogens is 2. The number of benzene rings is 1. The molecule has 1 atom stereocenters. The van der Waals surface area contributed by atoms with Gasteiger partial charge in [-0.2, -0.15) is 0 Å². The Morgan fingerprint density at radius 3 is 2.78 bits per heavy atom. The highest BCUT2D eigenvalue weighted by Crippen LogP contribution is 2.23. The average Bonchev–Trinajstić information content (AvgIpc) is 2.61. The molecule has 3 rings (SSSR count). The summed E-state index contributed by atoms with van der Waals surface area (Å²) in [5.41, 5.74) is 1.23. The Balaban J connectivity index is 1.54. The Hall–Kier alpha value is -2.63. The molecule has 1 fully saturated rings. The predicted octanol–water partition coefficient (Wildman–Crippen LogP) is 2.50. The van der Waals surface area contributed by atoms with Gasteiger partial charge in [-0.15, -0.1) is 0 Å². The Kier molecular flexibility index (Phi) is 4.71. The average molecular weight is 312 g/mol. The number of hydrogen-bond donors (Lipinski definition) is 2. The lowest BCUT2D eigenvalue weighted by Gasteiger charge is -2.34. The van der Waals surface area contributed by atoms with E-state index in [1.807, 2.05) is 6.07 Å². The number of carboxylic acids is 1. The summed E-state index contributed by atoms with van der Waals surface area (Å²) < 4.78 is 0. The number of para-hydroxylation sites is 1. The van der Waals surface area contributed by atoms with E-state index in [1.165, 1.54) is 30.9 Å². The largest absolute Gasteiger partial charge is 0.476 e. The molecule has 120 valence electrons. The van der Waals surface area contributed by atoms with Crippen molar-refractivity contribution in [2.45, 2.75) is 12.8 Å². The molecule has 1 aromatic carbocycles. The van der Waals surface area contributed by atoms with Crippen molar-refractivity contribution in [3.05, 3.63) is 48.4 Å². The Labute approximate surface area is 135 Å². The normalized spacial score (nSPS) is 17.7. The number of aromatic carboxylic acids is 1. The van der Waals surface area contributed by atoms with E-state index in [9.17, 15) is 4.79 Å². The minimum absolute atomic E-state index is 0.0385. The van der Waals surface area contributed by atoms with Gasteiger partial charge < -0.3 is 15.3 Å². The summed E-state index contributed by atoms with van der Waals surface area (Å²) in [5, 5.41) is 12.1. The van der Waals surface area contributed by atoms with Gasteiger partial charge in [0.2, 0.25) is 0 Å². The van der Waals surface area contributed by atoms with E-state index in [0.717, 1.165) is 19.6 Å². The monoisotopic (exact) mass is 312 g/mol. The molecular weight excluding hydrogens is 292 g/mol. The first kappa shape index (κ1) is 15.3. The maximum absolute atomic E-state index is 10.8. The van der Waals surface area contributed by atoms with Gasteiger partial charge in [-0.1, -0.05) is 18.2 Å². The van der Waals surface area contributed by atoms with Crippen LogP contribution in [0.2, 0.25) is 0 Å². The number of anilines is 2. The Bertz CT molecular complexity index is 645. The van der Waals surface area contributed by atoms with Crippen molar-refractivity contribution in [3.8, 4) is 0 Å². The molecule has 0 spiro atoms. The maximum atomic E-state index is 10.8. The second kappa shape index (κ2) is 7.09. The van der Waals surface area contributed by atoms with Gasteiger partial charge in [0.05, 0.1) is 12.4 Å². The van der Waals surface area contributed by atoms with Gasteiger partial charge in [0.25, 0.3) is 0 Å². The molecule has 0 radical (unpaired) electrons. The fraction of sp³-hybridized carbons (Fsp3) is 0.353. The van der Waals surface area contributed by atoms with Crippen LogP contribution in [-0.2, 0) is 0 Å². The van der Waals surface area contributed by atoms with E-state index in [1.54, 1.807) is 0 Å². The highest BCUT2D eigenvalue weighted by molar-refractivity contribution is 5.84. The number of nitrogens with one attached hydrogen (secondary N) is 1. The third kappa shape index (κ3) is 3.97. The first-order valence-electron chi connectivity index (χ1n) is 7.81. The molecule has 6 nitrogen and oxygen atoms in total. The van der Waals surface area contributed by atoms with Crippen molar-refractivity contribution in [1.82, 2.24) is 9.97 Å². The molecule has 2 aromatic rings. The fourth-order valence-electron chi connectivity index (χ4n) is 2.88. The van der Waals surface area contributed by atoms with Crippen molar-refractivity contribution in [2.75, 3.05) is 29.9 Å². The topological polar surface area (TPSA) is 78.3 Å². The second-order valence-corrected chi connectivity index (χ2v) is 5.76. The summed E-state index contributed by atoms with van der Waals surface area (Å²) in [5.74, 6) is 0.0894. The number of piperidine rings is 1. The van der Waals surface area contributed by atoms with Crippen molar-refractivity contribution >= 4 is 17.5 Å². The molecule has 1 unspecified atom stereocenters. The molecular formula is C17H20N4O2. The van der Waals surface area contributed by atoms with Gasteiger partial charge >= 0.3 is 5.97 Å². The van der Waals surface area contributed by atoms with Crippen LogP contribution in [0.25, 0.3) is 0 Å². The fourth-order valence-corrected chi connectivity index (χ4v) is 2.88. The number of nitrogens with zero attached hydrogens (tertiary/aromatic N) is 3. The van der Waals surface area contributed by atoms with Crippen LogP contribution < -0.4 is 10.2 Å². The number of hydrogen-bond acceptors (Lipinski definition) is 5. The standard InChI is InChI=1S/C17H20N4O2/c22-17(23)15-10-20-16(11-18-15)19-9-13-5-4-8-21(12-13)14-6-2-1-3-7-14/h1-3,6-7,10-11,13H,4-5,8-9,12H2,(H,19,20)(H,22,23). The van der Waals surface area contributed by atoms with Crippen molar-refractivity contribution in [1.29, 1.82) is 0 Å². The third-order valence-electron chi connectivity index (χ3n) is 4.08.